The van der Waals surface area contributed by atoms with Gasteiger partial charge in [-0.2, -0.15) is 18.7 Å². The predicted molar refractivity (Wildman–Crippen MR) is 323 cm³/mol. The van der Waals surface area contributed by atoms with Crippen LogP contribution in [0.15, 0.2) is 141 Å². The summed E-state index contributed by atoms with van der Waals surface area (Å²) < 4.78 is 87.9. The summed E-state index contributed by atoms with van der Waals surface area (Å²) in [6, 6.07) is 21.8. The summed E-state index contributed by atoms with van der Waals surface area (Å²) in [7, 11) is 5.94. The van der Waals surface area contributed by atoms with E-state index < -0.39 is 22.8 Å². The molecule has 0 N–H and O–H groups in total. The van der Waals surface area contributed by atoms with Crippen molar-refractivity contribution in [1.29, 1.82) is 0 Å². The number of hydrogen-bond donors (Lipinski definition) is 0. The Morgan fingerprint density at radius 2 is 0.804 bits per heavy atom. The van der Waals surface area contributed by atoms with E-state index in [0.29, 0.717) is 87.5 Å². The molecule has 0 saturated carbocycles. The first kappa shape index (κ1) is 58.5. The predicted octanol–water partition coefficient (Wildman–Crippen LogP) is 4.70. The molecule has 4 aromatic carbocycles. The Bertz CT molecular complexity index is 5050. The van der Waals surface area contributed by atoms with Crippen LogP contribution in [-0.4, -0.2) is 106 Å². The van der Waals surface area contributed by atoms with Crippen molar-refractivity contribution in [2.45, 2.75) is 68.0 Å². The normalized spacial score (nSPS) is 11.3. The summed E-state index contributed by atoms with van der Waals surface area (Å²) in [6.07, 6.45) is 6.89. The van der Waals surface area contributed by atoms with Gasteiger partial charge < -0.3 is 41.8 Å². The van der Waals surface area contributed by atoms with Gasteiger partial charge in [-0.05, 0) is 142 Å². The standard InChI is InChI=1S/C15H17N5O4.C15H15N5O3.C15H13N5O3.C14H15N5O3/c1-4-22-14-11(9-23-12-8-6-5-7-10(12)2)13(16-24-14)20-15(21)19(3)17-18-20;2*1-4-12-11(9-22-13-8-6-5-7-10(13)2)14(16-23-12)20-15(21)19(3)17-18-20;1-9-6-4-5-7-12(9)21-8-11-10(2)22-15-13(11)19-14(20)18(3)16-17-19/h5-8H,4,9H2,1-3H3;4-8H,1,9H2,2-3H3;1,5-8H,9H2,2-3H3;4-7H,8H2,1-3H3/i3*5T;4T. The van der Waals surface area contributed by atoms with Gasteiger partial charge in [0, 0.05) is 28.2 Å². The van der Waals surface area contributed by atoms with Gasteiger partial charge in [0.1, 0.15) is 60.7 Å². The second-order valence-corrected chi connectivity index (χ2v) is 19.4. The molecule has 92 heavy (non-hydrogen) atoms. The van der Waals surface area contributed by atoms with Gasteiger partial charge >= 0.3 is 28.7 Å². The lowest BCUT2D eigenvalue weighted by molar-refractivity contribution is 0.214. The Balaban J connectivity index is 0.000000150. The van der Waals surface area contributed by atoms with Crippen molar-refractivity contribution >= 4 is 6.08 Å². The van der Waals surface area contributed by atoms with Crippen molar-refractivity contribution in [2.24, 2.45) is 28.2 Å². The second-order valence-electron chi connectivity index (χ2n) is 19.4. The van der Waals surface area contributed by atoms with E-state index in [1.54, 1.807) is 86.6 Å². The zero-order valence-electron chi connectivity index (χ0n) is 55.1. The third kappa shape index (κ3) is 14.2. The van der Waals surface area contributed by atoms with Crippen LogP contribution in [-0.2, 0) is 54.6 Å². The summed E-state index contributed by atoms with van der Waals surface area (Å²) in [5, 5.41) is 45.0. The van der Waals surface area contributed by atoms with Crippen LogP contribution in [0.1, 0.15) is 74.2 Å². The molecule has 0 radical (unpaired) electrons. The molecule has 0 atom stereocenters. The lowest BCUT2D eigenvalue weighted by Crippen LogP contribution is -2.23. The minimum atomic E-state index is -0.483. The maximum atomic E-state index is 12.1. The van der Waals surface area contributed by atoms with Gasteiger partial charge in [-0.25, -0.2) is 19.2 Å². The van der Waals surface area contributed by atoms with Gasteiger partial charge in [0.15, 0.2) is 5.76 Å². The molecule has 0 saturated heterocycles. The molecule has 0 bridgehead atoms. The number of aryl methyl sites for hydroxylation is 9. The van der Waals surface area contributed by atoms with Crippen molar-refractivity contribution in [3.8, 4) is 64.6 Å². The average Bonchev–Trinajstić information content (AvgIpc) is 1.67. The molecule has 8 aromatic heterocycles. The first-order valence-electron chi connectivity index (χ1n) is 29.4. The molecule has 8 heterocycles. The molecule has 0 aliphatic rings. The van der Waals surface area contributed by atoms with Crippen LogP contribution in [0.2, 0.25) is 0 Å². The van der Waals surface area contributed by atoms with Gasteiger partial charge in [-0.15, -0.1) is 25.2 Å². The number of nitrogens with zero attached hydrogens (tertiary/aromatic N) is 20. The van der Waals surface area contributed by atoms with E-state index in [0.717, 1.165) is 59.7 Å². The Morgan fingerprint density at radius 3 is 1.17 bits per heavy atom. The molecule has 0 aliphatic heterocycles. The number of ether oxygens (including phenoxy) is 5. The summed E-state index contributed by atoms with van der Waals surface area (Å²) in [4.78, 5) is 48.0. The average molecular weight is 1270 g/mol. The second kappa shape index (κ2) is 29.0. The molecule has 0 fully saturated rings. The first-order chi connectivity index (χ1) is 46.0. The molecule has 33 nitrogen and oxygen atoms in total. The highest BCUT2D eigenvalue weighted by atomic mass is 16.6. The van der Waals surface area contributed by atoms with Crippen LogP contribution in [0.5, 0.6) is 28.9 Å². The van der Waals surface area contributed by atoms with Crippen LogP contribution in [0.25, 0.3) is 29.3 Å². The zero-order chi connectivity index (χ0) is 69.1. The van der Waals surface area contributed by atoms with Crippen molar-refractivity contribution in [3.63, 3.8) is 0 Å². The molecule has 12 aromatic rings. The van der Waals surface area contributed by atoms with E-state index in [2.05, 4.69) is 74.8 Å². The van der Waals surface area contributed by atoms with Crippen LogP contribution in [0, 0.1) is 47.0 Å². The third-order valence-corrected chi connectivity index (χ3v) is 13.1. The number of rotatable bonds is 19. The first-order valence-corrected chi connectivity index (χ1v) is 27.4. The highest BCUT2D eigenvalue weighted by Crippen LogP contribution is 2.29. The SMILES string of the molecule is [3H]c1ccc(OCc2c(-n3nnn(C)c3=O)noc2C#C)c(C)c1.[3H]c1ccc(OCc2c(-n3nnn(C)c3=O)noc2C)c(C)c1.[3H]c1ccc(OCc2c(-n3nnn(C)c3=O)noc2C=C)c(C)c1.[3H]c1ccc(OCc2c(-n3nnn(C)c3=O)noc2OCC)c(C)c1. The van der Waals surface area contributed by atoms with E-state index >= 15 is 0 Å². The molecule has 474 valence electrons. The van der Waals surface area contributed by atoms with Crippen LogP contribution >= 0.6 is 0 Å². The van der Waals surface area contributed by atoms with Gasteiger partial charge in [0.05, 0.1) is 28.8 Å². The highest BCUT2D eigenvalue weighted by Gasteiger charge is 2.26. The fourth-order valence-corrected chi connectivity index (χ4v) is 8.05. The van der Waals surface area contributed by atoms with E-state index in [1.165, 1.54) is 34.3 Å². The molecule has 0 aliphatic carbocycles. The van der Waals surface area contributed by atoms with Crippen LogP contribution < -0.4 is 46.4 Å². The zero-order valence-corrected chi connectivity index (χ0v) is 51.1. The number of hydrogen-bond acceptors (Lipinski definition) is 25. The van der Waals surface area contributed by atoms with Gasteiger partial charge in [-0.1, -0.05) is 99.9 Å². The maximum Gasteiger partial charge on any atom is 0.369 e. The van der Waals surface area contributed by atoms with Crippen molar-refractivity contribution in [2.75, 3.05) is 6.61 Å². The number of benzene rings is 4. The van der Waals surface area contributed by atoms with E-state index in [9.17, 15) is 19.2 Å². The number of terminal acetylenes is 1. The molecule has 12 rings (SSSR count). The number of para-hydroxylation sites is 4. The molecular formula is C59H60N20O13. The van der Waals surface area contributed by atoms with E-state index in [1.807, 2.05) is 27.7 Å². The molecule has 0 spiro atoms. The number of tetrazole rings is 4. The molecular weight excluding hydrogens is 1200 g/mol. The quantitative estimate of drug-likeness (QED) is 0.0990. The third-order valence-electron chi connectivity index (χ3n) is 13.1. The van der Waals surface area contributed by atoms with Gasteiger partial charge in [0.25, 0.3) is 0 Å². The van der Waals surface area contributed by atoms with Crippen LogP contribution in [0.4, 0.5) is 0 Å². The lowest BCUT2D eigenvalue weighted by atomic mass is 10.2. The Hall–Kier alpha value is -12.5. The smallest absolute Gasteiger partial charge is 0.369 e. The summed E-state index contributed by atoms with van der Waals surface area (Å²) in [5.41, 5.74) is 3.48. The largest absolute Gasteiger partial charge is 0.488 e. The van der Waals surface area contributed by atoms with Crippen molar-refractivity contribution < 1.29 is 47.3 Å². The van der Waals surface area contributed by atoms with Crippen molar-refractivity contribution in [1.82, 2.24) is 99.8 Å². The van der Waals surface area contributed by atoms with E-state index in [4.69, 9.17) is 53.7 Å². The van der Waals surface area contributed by atoms with Crippen molar-refractivity contribution in [3.05, 3.63) is 207 Å². The highest BCUT2D eigenvalue weighted by molar-refractivity contribution is 5.51. The summed E-state index contributed by atoms with van der Waals surface area (Å²) in [5.74, 6) is 6.83. The van der Waals surface area contributed by atoms with Gasteiger partial charge in [0.2, 0.25) is 29.0 Å². The minimum absolute atomic E-state index is 0.0273. The number of aromatic nitrogens is 20. The minimum Gasteiger partial charge on any atom is -0.488 e. The Labute approximate surface area is 526 Å². The van der Waals surface area contributed by atoms with E-state index in [-0.39, 0.29) is 61.4 Å². The fourth-order valence-electron chi connectivity index (χ4n) is 8.05. The lowest BCUT2D eigenvalue weighted by Gasteiger charge is -2.09. The molecule has 0 amide bonds. The molecule has 0 unspecified atom stereocenters. The van der Waals surface area contributed by atoms with Crippen LogP contribution in [0.3, 0.4) is 0 Å². The Kier molecular flexibility index (Phi) is 18.4. The maximum absolute atomic E-state index is 12.1. The van der Waals surface area contributed by atoms with Gasteiger partial charge in [-0.3, -0.25) is 0 Å². The Morgan fingerprint density at radius 1 is 0.467 bits per heavy atom. The monoisotopic (exact) mass is 1260 g/mol. The summed E-state index contributed by atoms with van der Waals surface area (Å²) >= 11 is 0. The topological polar surface area (TPSA) is 361 Å². The fraction of sp³-hybridized carbons (Fsp3) is 0.254. The molecule has 33 heteroatoms. The summed E-state index contributed by atoms with van der Waals surface area (Å²) in [6.45, 7) is 15.3.